The Labute approximate surface area is 121 Å². The Morgan fingerprint density at radius 2 is 1.74 bits per heavy atom. The van der Waals surface area contributed by atoms with Crippen LogP contribution >= 0.6 is 12.2 Å². The van der Waals surface area contributed by atoms with Gasteiger partial charge in [0.2, 0.25) is 5.91 Å². The van der Waals surface area contributed by atoms with Crippen molar-refractivity contribution >= 4 is 23.1 Å². The van der Waals surface area contributed by atoms with Gasteiger partial charge >= 0.3 is 0 Å². The van der Waals surface area contributed by atoms with Gasteiger partial charge in [-0.25, -0.2) is 0 Å². The number of thiocarbonyl (C=S) groups is 1. The van der Waals surface area contributed by atoms with Crippen molar-refractivity contribution in [1.82, 2.24) is 5.32 Å². The Hall–Kier alpha value is -0.640. The van der Waals surface area contributed by atoms with Crippen molar-refractivity contribution in [3.8, 4) is 0 Å². The quantitative estimate of drug-likeness (QED) is 0.673. The van der Waals surface area contributed by atoms with Gasteiger partial charge in [0, 0.05) is 6.54 Å². The maximum Gasteiger partial charge on any atom is 0.233 e. The summed E-state index contributed by atoms with van der Waals surface area (Å²) < 4.78 is 0. The molecular formula is C15H26N2OS. The molecule has 0 bridgehead atoms. The molecule has 0 aromatic rings. The highest BCUT2D eigenvalue weighted by Gasteiger charge is 2.43. The van der Waals surface area contributed by atoms with Crippen molar-refractivity contribution < 1.29 is 4.79 Å². The van der Waals surface area contributed by atoms with Crippen LogP contribution in [0.5, 0.6) is 0 Å². The molecule has 1 amide bonds. The van der Waals surface area contributed by atoms with E-state index in [2.05, 4.69) is 5.32 Å². The highest BCUT2D eigenvalue weighted by molar-refractivity contribution is 7.80. The normalized spacial score (nSPS) is 19.5. The van der Waals surface area contributed by atoms with Crippen LogP contribution in [0.25, 0.3) is 0 Å². The molecule has 2 fully saturated rings. The summed E-state index contributed by atoms with van der Waals surface area (Å²) >= 11 is 5.13. The molecule has 0 heterocycles. The molecule has 2 saturated carbocycles. The van der Waals surface area contributed by atoms with E-state index in [-0.39, 0.29) is 5.91 Å². The van der Waals surface area contributed by atoms with Gasteiger partial charge in [-0.3, -0.25) is 4.79 Å². The van der Waals surface area contributed by atoms with E-state index in [9.17, 15) is 4.79 Å². The van der Waals surface area contributed by atoms with E-state index in [1.54, 1.807) is 0 Å². The zero-order valence-corrected chi connectivity index (χ0v) is 12.9. The number of carbonyl (C=O) groups is 1. The molecule has 0 atom stereocenters. The second kappa shape index (κ2) is 5.78. The Bertz CT molecular complexity index is 345. The van der Waals surface area contributed by atoms with E-state index in [1.165, 1.54) is 25.7 Å². The second-order valence-corrected chi connectivity index (χ2v) is 6.64. The number of carbonyl (C=O) groups excluding carboxylic acids is 1. The first-order valence-corrected chi connectivity index (χ1v) is 8.04. The Balaban J connectivity index is 1.93. The molecule has 2 aliphatic carbocycles. The summed E-state index contributed by atoms with van der Waals surface area (Å²) in [5.41, 5.74) is 5.17. The molecule has 0 unspecified atom stereocenters. The maximum atomic E-state index is 12.5. The zero-order chi connectivity index (χ0) is 14.0. The van der Waals surface area contributed by atoms with Crippen molar-refractivity contribution in [1.29, 1.82) is 0 Å². The van der Waals surface area contributed by atoms with Crippen LogP contribution in [0.15, 0.2) is 0 Å². The van der Waals surface area contributed by atoms with Crippen LogP contribution in [-0.2, 0) is 4.79 Å². The molecule has 4 heteroatoms. The summed E-state index contributed by atoms with van der Waals surface area (Å²) in [6.45, 7) is 4.79. The summed E-state index contributed by atoms with van der Waals surface area (Å²) in [6.07, 6.45) is 6.75. The van der Waals surface area contributed by atoms with Gasteiger partial charge in [-0.1, -0.05) is 26.1 Å². The van der Waals surface area contributed by atoms with Crippen LogP contribution in [0, 0.1) is 23.2 Å². The molecule has 0 radical (unpaired) electrons. The van der Waals surface area contributed by atoms with Crippen LogP contribution in [0.1, 0.15) is 52.4 Å². The van der Waals surface area contributed by atoms with Crippen molar-refractivity contribution in [3.05, 3.63) is 0 Å². The van der Waals surface area contributed by atoms with E-state index in [1.807, 2.05) is 13.8 Å². The smallest absolute Gasteiger partial charge is 0.233 e. The lowest BCUT2D eigenvalue weighted by atomic mass is 9.81. The Kier molecular flexibility index (Phi) is 4.49. The van der Waals surface area contributed by atoms with Crippen LogP contribution in [0.3, 0.4) is 0 Å². The molecule has 2 aliphatic rings. The Morgan fingerprint density at radius 3 is 2.05 bits per heavy atom. The standard InChI is InChI=1S/C15H26N2OS/c1-3-15(4-2,13(16)19)14(18)17-9-12(10-5-6-10)11-7-8-11/h10-12H,3-9H2,1-2H3,(H2,16,19)(H,17,18). The first kappa shape index (κ1) is 14.8. The fourth-order valence-electron chi connectivity index (χ4n) is 3.18. The SMILES string of the molecule is CCC(CC)(C(=O)NCC(C1CC1)C1CC1)C(N)=S. The fraction of sp³-hybridized carbons (Fsp3) is 0.867. The van der Waals surface area contributed by atoms with Crippen molar-refractivity contribution in [2.24, 2.45) is 28.9 Å². The van der Waals surface area contributed by atoms with Crippen LogP contribution < -0.4 is 11.1 Å². The first-order valence-electron chi connectivity index (χ1n) is 7.63. The number of nitrogens with one attached hydrogen (secondary N) is 1. The average Bonchev–Trinajstić information content (AvgIpc) is 3.25. The van der Waals surface area contributed by atoms with Gasteiger partial charge in [0.1, 0.15) is 0 Å². The molecular weight excluding hydrogens is 256 g/mol. The lowest BCUT2D eigenvalue weighted by Crippen LogP contribution is -2.49. The number of hydrogen-bond acceptors (Lipinski definition) is 2. The summed E-state index contributed by atoms with van der Waals surface area (Å²) in [7, 11) is 0. The highest BCUT2D eigenvalue weighted by Crippen LogP contribution is 2.48. The molecule has 0 saturated heterocycles. The predicted molar refractivity (Wildman–Crippen MR) is 81.7 cm³/mol. The number of nitrogens with two attached hydrogens (primary N) is 1. The summed E-state index contributed by atoms with van der Waals surface area (Å²) in [5.74, 6) is 2.45. The summed E-state index contributed by atoms with van der Waals surface area (Å²) in [4.78, 5) is 12.8. The van der Waals surface area contributed by atoms with E-state index in [4.69, 9.17) is 18.0 Å². The lowest BCUT2D eigenvalue weighted by Gasteiger charge is -2.30. The van der Waals surface area contributed by atoms with E-state index < -0.39 is 5.41 Å². The molecule has 19 heavy (non-hydrogen) atoms. The van der Waals surface area contributed by atoms with Crippen LogP contribution in [0.4, 0.5) is 0 Å². The lowest BCUT2D eigenvalue weighted by molar-refractivity contribution is -0.128. The molecule has 2 rings (SSSR count). The molecule has 0 aliphatic heterocycles. The molecule has 108 valence electrons. The zero-order valence-electron chi connectivity index (χ0n) is 12.1. The van der Waals surface area contributed by atoms with Gasteiger partial charge in [-0.2, -0.15) is 0 Å². The van der Waals surface area contributed by atoms with E-state index in [0.717, 1.165) is 18.4 Å². The largest absolute Gasteiger partial charge is 0.392 e. The minimum atomic E-state index is -0.646. The minimum Gasteiger partial charge on any atom is -0.392 e. The maximum absolute atomic E-state index is 12.5. The third kappa shape index (κ3) is 3.10. The van der Waals surface area contributed by atoms with Gasteiger partial charge in [0.15, 0.2) is 0 Å². The fourth-order valence-corrected chi connectivity index (χ4v) is 3.56. The molecule has 3 nitrogen and oxygen atoms in total. The van der Waals surface area contributed by atoms with Crippen LogP contribution in [0.2, 0.25) is 0 Å². The third-order valence-corrected chi connectivity index (χ3v) is 5.46. The molecule has 0 aromatic heterocycles. The monoisotopic (exact) mass is 282 g/mol. The van der Waals surface area contributed by atoms with Gasteiger partial charge < -0.3 is 11.1 Å². The number of hydrogen-bond donors (Lipinski definition) is 2. The topological polar surface area (TPSA) is 55.1 Å². The van der Waals surface area contributed by atoms with Crippen molar-refractivity contribution in [2.45, 2.75) is 52.4 Å². The van der Waals surface area contributed by atoms with E-state index in [0.29, 0.717) is 23.7 Å². The van der Waals surface area contributed by atoms with Crippen LogP contribution in [-0.4, -0.2) is 17.4 Å². The molecule has 0 aromatic carbocycles. The third-order valence-electron chi connectivity index (χ3n) is 5.07. The Morgan fingerprint density at radius 1 is 1.26 bits per heavy atom. The van der Waals surface area contributed by atoms with E-state index >= 15 is 0 Å². The number of amides is 1. The first-order chi connectivity index (χ1) is 9.05. The van der Waals surface area contributed by atoms with Crippen molar-refractivity contribution in [3.63, 3.8) is 0 Å². The second-order valence-electron chi connectivity index (χ2n) is 6.20. The minimum absolute atomic E-state index is 0.0382. The molecule has 3 N–H and O–H groups in total. The van der Waals surface area contributed by atoms with Gasteiger partial charge in [-0.05, 0) is 56.3 Å². The molecule has 0 spiro atoms. The van der Waals surface area contributed by atoms with Crippen molar-refractivity contribution in [2.75, 3.05) is 6.54 Å². The predicted octanol–water partition coefficient (Wildman–Crippen LogP) is 2.63. The summed E-state index contributed by atoms with van der Waals surface area (Å²) in [6, 6.07) is 0. The number of rotatable bonds is 8. The summed E-state index contributed by atoms with van der Waals surface area (Å²) in [5, 5.41) is 3.14. The van der Waals surface area contributed by atoms with Gasteiger partial charge in [0.05, 0.1) is 10.4 Å². The average molecular weight is 282 g/mol. The van der Waals surface area contributed by atoms with Gasteiger partial charge in [0.25, 0.3) is 0 Å². The highest BCUT2D eigenvalue weighted by atomic mass is 32.1. The van der Waals surface area contributed by atoms with Gasteiger partial charge in [-0.15, -0.1) is 0 Å².